The lowest BCUT2D eigenvalue weighted by Crippen LogP contribution is -2.44. The van der Waals surface area contributed by atoms with Crippen molar-refractivity contribution in [2.45, 2.75) is 19.4 Å². The van der Waals surface area contributed by atoms with Crippen molar-refractivity contribution in [3.63, 3.8) is 0 Å². The molecule has 0 aliphatic heterocycles. The topological polar surface area (TPSA) is 81.7 Å². The number of rotatable bonds is 8. The van der Waals surface area contributed by atoms with E-state index in [0.717, 1.165) is 16.7 Å². The zero-order valence-corrected chi connectivity index (χ0v) is 15.9. The van der Waals surface area contributed by atoms with Crippen molar-refractivity contribution in [2.24, 2.45) is 0 Å². The molecule has 0 fully saturated rings. The van der Waals surface area contributed by atoms with Crippen LogP contribution in [-0.2, 0) is 30.3 Å². The van der Waals surface area contributed by atoms with Crippen LogP contribution in [0.5, 0.6) is 0 Å². The maximum Gasteiger partial charge on any atom is 0.331 e. The number of hydrogen-bond donors (Lipinski definition) is 1. The number of carbonyl (C=O) groups excluding carboxylic acids is 3. The average molecular weight is 381 g/mol. The van der Waals surface area contributed by atoms with Crippen LogP contribution in [0.15, 0.2) is 60.7 Å². The van der Waals surface area contributed by atoms with E-state index in [1.165, 1.54) is 13.2 Å². The molecule has 0 aliphatic carbocycles. The summed E-state index contributed by atoms with van der Waals surface area (Å²) in [6.45, 7) is 1.44. The first kappa shape index (κ1) is 20.9. The summed E-state index contributed by atoms with van der Waals surface area (Å²) in [6.07, 6.45) is 3.17. The molecule has 0 radical (unpaired) electrons. The number of methoxy groups -OCH3 is 1. The molecule has 2 rings (SSSR count). The monoisotopic (exact) mass is 381 g/mol. The number of ether oxygens (including phenoxy) is 2. The van der Waals surface area contributed by atoms with E-state index in [1.807, 2.05) is 61.5 Å². The van der Waals surface area contributed by atoms with Gasteiger partial charge in [0.2, 0.25) is 0 Å². The summed E-state index contributed by atoms with van der Waals surface area (Å²) in [6, 6.07) is 15.9. The molecule has 0 heterocycles. The molecule has 2 aromatic rings. The molecule has 2 aromatic carbocycles. The Hall–Kier alpha value is -3.41. The summed E-state index contributed by atoms with van der Waals surface area (Å²) in [7, 11) is 1.25. The quantitative estimate of drug-likeness (QED) is 0.561. The molecular formula is C22H23NO5. The number of amides is 1. The molecule has 0 spiro atoms. The van der Waals surface area contributed by atoms with Crippen LogP contribution in [0.25, 0.3) is 6.08 Å². The van der Waals surface area contributed by atoms with Gasteiger partial charge in [-0.1, -0.05) is 54.6 Å². The first-order valence-corrected chi connectivity index (χ1v) is 8.81. The fourth-order valence-corrected chi connectivity index (χ4v) is 2.54. The highest BCUT2D eigenvalue weighted by Gasteiger charge is 2.22. The van der Waals surface area contributed by atoms with Crippen molar-refractivity contribution >= 4 is 23.9 Å². The smallest absolute Gasteiger partial charge is 0.331 e. The first-order chi connectivity index (χ1) is 13.5. The lowest BCUT2D eigenvalue weighted by Gasteiger charge is -2.16. The van der Waals surface area contributed by atoms with E-state index in [1.54, 1.807) is 6.08 Å². The Bertz CT molecular complexity index is 845. The van der Waals surface area contributed by atoms with Gasteiger partial charge in [0.05, 0.1) is 7.11 Å². The first-order valence-electron chi connectivity index (χ1n) is 8.81. The molecule has 0 aromatic heterocycles. The molecule has 0 unspecified atom stereocenters. The lowest BCUT2D eigenvalue weighted by atomic mass is 10.1. The predicted octanol–water partition coefficient (Wildman–Crippen LogP) is 2.45. The molecular weight excluding hydrogens is 358 g/mol. The van der Waals surface area contributed by atoms with E-state index in [2.05, 4.69) is 5.32 Å². The van der Waals surface area contributed by atoms with Gasteiger partial charge in [-0.3, -0.25) is 4.79 Å². The highest BCUT2D eigenvalue weighted by Crippen LogP contribution is 2.09. The third-order valence-corrected chi connectivity index (χ3v) is 4.04. The fourth-order valence-electron chi connectivity index (χ4n) is 2.54. The minimum Gasteiger partial charge on any atom is -0.467 e. The molecule has 0 aliphatic rings. The molecule has 146 valence electrons. The minimum absolute atomic E-state index is 0.278. The normalized spacial score (nSPS) is 11.6. The van der Waals surface area contributed by atoms with E-state index in [0.29, 0.717) is 0 Å². The van der Waals surface area contributed by atoms with Crippen molar-refractivity contribution < 1.29 is 23.9 Å². The molecule has 0 saturated heterocycles. The highest BCUT2D eigenvalue weighted by molar-refractivity contribution is 5.90. The third kappa shape index (κ3) is 6.72. The van der Waals surface area contributed by atoms with Crippen LogP contribution in [0.3, 0.4) is 0 Å². The zero-order valence-electron chi connectivity index (χ0n) is 15.9. The van der Waals surface area contributed by atoms with Crippen molar-refractivity contribution in [3.8, 4) is 0 Å². The van der Waals surface area contributed by atoms with Gasteiger partial charge in [-0.25, -0.2) is 9.59 Å². The molecule has 0 bridgehead atoms. The second kappa shape index (κ2) is 10.7. The van der Waals surface area contributed by atoms with Crippen LogP contribution in [0, 0.1) is 6.92 Å². The lowest BCUT2D eigenvalue weighted by molar-refractivity contribution is -0.147. The van der Waals surface area contributed by atoms with E-state index < -0.39 is 30.5 Å². The minimum atomic E-state index is -0.860. The average Bonchev–Trinajstić information content (AvgIpc) is 2.71. The van der Waals surface area contributed by atoms with Gasteiger partial charge in [-0.2, -0.15) is 0 Å². The van der Waals surface area contributed by atoms with Crippen LogP contribution in [0.1, 0.15) is 16.7 Å². The largest absolute Gasteiger partial charge is 0.467 e. The van der Waals surface area contributed by atoms with Crippen molar-refractivity contribution in [2.75, 3.05) is 13.7 Å². The van der Waals surface area contributed by atoms with Crippen LogP contribution in [0.2, 0.25) is 0 Å². The van der Waals surface area contributed by atoms with Gasteiger partial charge >= 0.3 is 11.9 Å². The molecule has 6 nitrogen and oxygen atoms in total. The zero-order chi connectivity index (χ0) is 20.4. The Morgan fingerprint density at radius 3 is 2.39 bits per heavy atom. The Morgan fingerprint density at radius 2 is 1.71 bits per heavy atom. The molecule has 0 saturated carbocycles. The molecule has 1 N–H and O–H groups in total. The van der Waals surface area contributed by atoms with E-state index in [9.17, 15) is 14.4 Å². The Morgan fingerprint density at radius 1 is 1.04 bits per heavy atom. The summed E-state index contributed by atoms with van der Waals surface area (Å²) in [5.74, 6) is -1.79. The second-order valence-electron chi connectivity index (χ2n) is 6.13. The van der Waals surface area contributed by atoms with Gasteiger partial charge in [-0.05, 0) is 29.7 Å². The Kier molecular flexibility index (Phi) is 7.96. The summed E-state index contributed by atoms with van der Waals surface area (Å²) >= 11 is 0. The molecule has 28 heavy (non-hydrogen) atoms. The van der Waals surface area contributed by atoms with Crippen LogP contribution in [-0.4, -0.2) is 37.6 Å². The van der Waals surface area contributed by atoms with Crippen molar-refractivity contribution in [1.29, 1.82) is 0 Å². The maximum atomic E-state index is 12.1. The van der Waals surface area contributed by atoms with Gasteiger partial charge in [-0.15, -0.1) is 0 Å². The summed E-state index contributed by atoms with van der Waals surface area (Å²) in [4.78, 5) is 35.8. The number of hydrogen-bond acceptors (Lipinski definition) is 5. The third-order valence-electron chi connectivity index (χ3n) is 4.04. The van der Waals surface area contributed by atoms with Gasteiger partial charge in [0.15, 0.2) is 6.61 Å². The maximum absolute atomic E-state index is 12.1. The molecule has 6 heteroatoms. The number of benzene rings is 2. The van der Waals surface area contributed by atoms with Crippen LogP contribution in [0.4, 0.5) is 0 Å². The summed E-state index contributed by atoms with van der Waals surface area (Å²) in [5.41, 5.74) is 2.78. The number of carbonyl (C=O) groups is 3. The number of aryl methyl sites for hydroxylation is 1. The van der Waals surface area contributed by atoms with E-state index >= 15 is 0 Å². The standard InChI is InChI=1S/C22H23NO5/c1-16-8-6-7-11-18(16)12-13-21(25)28-15-20(24)23-19(22(26)27-2)14-17-9-4-3-5-10-17/h3-13,19H,14-15H2,1-2H3,(H,23,24)/b13-12+/t19-/m0/s1. The van der Waals surface area contributed by atoms with Gasteiger partial charge in [0, 0.05) is 12.5 Å². The van der Waals surface area contributed by atoms with Crippen molar-refractivity contribution in [3.05, 3.63) is 77.4 Å². The Balaban J connectivity index is 1.87. The van der Waals surface area contributed by atoms with E-state index in [-0.39, 0.29) is 6.42 Å². The summed E-state index contributed by atoms with van der Waals surface area (Å²) < 4.78 is 9.68. The molecule has 1 amide bonds. The van der Waals surface area contributed by atoms with E-state index in [4.69, 9.17) is 9.47 Å². The summed E-state index contributed by atoms with van der Waals surface area (Å²) in [5, 5.41) is 2.54. The fraction of sp³-hybridized carbons (Fsp3) is 0.227. The Labute approximate surface area is 164 Å². The van der Waals surface area contributed by atoms with Crippen molar-refractivity contribution in [1.82, 2.24) is 5.32 Å². The van der Waals surface area contributed by atoms with Gasteiger partial charge < -0.3 is 14.8 Å². The van der Waals surface area contributed by atoms with Crippen LogP contribution < -0.4 is 5.32 Å². The number of nitrogens with one attached hydrogen (secondary N) is 1. The van der Waals surface area contributed by atoms with Crippen LogP contribution >= 0.6 is 0 Å². The highest BCUT2D eigenvalue weighted by atomic mass is 16.5. The van der Waals surface area contributed by atoms with Gasteiger partial charge in [0.1, 0.15) is 6.04 Å². The predicted molar refractivity (Wildman–Crippen MR) is 105 cm³/mol. The SMILES string of the molecule is COC(=O)[C@H](Cc1ccccc1)NC(=O)COC(=O)/C=C/c1ccccc1C. The molecule has 1 atom stereocenters. The number of esters is 2. The van der Waals surface area contributed by atoms with Gasteiger partial charge in [0.25, 0.3) is 5.91 Å². The second-order valence-corrected chi connectivity index (χ2v) is 6.13.